The van der Waals surface area contributed by atoms with Gasteiger partial charge in [-0.15, -0.1) is 0 Å². The molecule has 1 aliphatic rings. The Morgan fingerprint density at radius 2 is 1.25 bits per heavy atom. The molecule has 7 heteroatoms. The Morgan fingerprint density at radius 1 is 0.582 bits per heavy atom. The first-order valence-corrected chi connectivity index (χ1v) is 23.7. The topological polar surface area (TPSA) is 40.1 Å². The Labute approximate surface area is 406 Å². The first kappa shape index (κ1) is 36.7. The number of nitrogens with zero attached hydrogens (tertiary/aromatic N) is 5. The van der Waals surface area contributed by atoms with Gasteiger partial charge in [-0.1, -0.05) is 32.9 Å². The molecule has 8 aromatic carbocycles. The van der Waals surface area contributed by atoms with E-state index in [9.17, 15) is 0 Å². The van der Waals surface area contributed by atoms with E-state index >= 15 is 0 Å². The van der Waals surface area contributed by atoms with E-state index in [4.69, 9.17) is 15.2 Å². The molecule has 1 aliphatic heterocycles. The molecule has 0 saturated heterocycles. The smallest absolute Gasteiger partial charge is 0.0561 e. The summed E-state index contributed by atoms with van der Waals surface area (Å²) in [5, 5.41) is 1.11. The van der Waals surface area contributed by atoms with Crippen molar-refractivity contribution in [2.75, 3.05) is 11.4 Å². The van der Waals surface area contributed by atoms with Crippen molar-refractivity contribution in [1.82, 2.24) is 18.7 Å². The van der Waals surface area contributed by atoms with Crippen LogP contribution in [-0.2, 0) is 31.2 Å². The average molecular weight is 1050 g/mol. The summed E-state index contributed by atoms with van der Waals surface area (Å²) >= 11 is 2.52. The minimum Gasteiger partial charge on any atom is -0.0561 e. The van der Waals surface area contributed by atoms with Crippen LogP contribution in [0.4, 0.5) is 11.4 Å². The molecule has 0 fully saturated rings. The fourth-order valence-corrected chi connectivity index (χ4v) is 10.8. The van der Waals surface area contributed by atoms with Gasteiger partial charge in [-0.25, -0.2) is 0 Å². The minimum absolute atomic E-state index is 0.0949. The number of hydrogen-bond donors (Lipinski definition) is 0. The number of imidazole rings is 1. The number of para-hydroxylation sites is 4. The second-order valence-electron chi connectivity index (χ2n) is 18.0. The van der Waals surface area contributed by atoms with Gasteiger partial charge in [0.2, 0.25) is 0 Å². The van der Waals surface area contributed by atoms with Crippen LogP contribution in [-0.4, -0.2) is 25.2 Å². The van der Waals surface area contributed by atoms with Gasteiger partial charge >= 0.3 is 347 Å². The van der Waals surface area contributed by atoms with Crippen LogP contribution >= 0.6 is 0 Å². The molecule has 12 rings (SSSR count). The van der Waals surface area contributed by atoms with Crippen molar-refractivity contribution in [3.8, 4) is 50.9 Å². The van der Waals surface area contributed by atoms with E-state index in [0.29, 0.717) is 39.1 Å². The summed E-state index contributed by atoms with van der Waals surface area (Å²) in [5.41, 5.74) is 14.0. The van der Waals surface area contributed by atoms with Gasteiger partial charge in [0.25, 0.3) is 0 Å². The van der Waals surface area contributed by atoms with E-state index < -0.39 is 0 Å². The van der Waals surface area contributed by atoms with E-state index in [2.05, 4.69) is 194 Å². The Hall–Kier alpha value is -7.53. The molecule has 4 heterocycles. The van der Waals surface area contributed by atoms with E-state index in [1.165, 1.54) is 5.56 Å². The second-order valence-corrected chi connectivity index (χ2v) is 19.0. The molecule has 0 aliphatic carbocycles. The Bertz CT molecular complexity index is 3920. The van der Waals surface area contributed by atoms with Crippen LogP contribution in [0.15, 0.2) is 206 Å². The first-order valence-electron chi connectivity index (χ1n) is 24.6. The third kappa shape index (κ3) is 7.06. The van der Waals surface area contributed by atoms with Crippen molar-refractivity contribution in [2.45, 2.75) is 32.6 Å². The van der Waals surface area contributed by atoms with Gasteiger partial charge in [-0.05, 0) is 17.0 Å². The van der Waals surface area contributed by atoms with Crippen LogP contribution in [0.1, 0.15) is 37.4 Å². The zero-order valence-electron chi connectivity index (χ0n) is 41.2. The van der Waals surface area contributed by atoms with Gasteiger partial charge in [-0.3, -0.25) is 0 Å². The van der Waals surface area contributed by atoms with Crippen molar-refractivity contribution < 1.29 is 29.6 Å². The molecule has 0 N–H and O–H groups in total. The van der Waals surface area contributed by atoms with Gasteiger partial charge in [0.15, 0.2) is 0 Å². The zero-order valence-corrected chi connectivity index (χ0v) is 39.5. The van der Waals surface area contributed by atoms with Gasteiger partial charge < -0.3 is 0 Å². The SMILES string of the molecule is [2H]c1c([2H])c([2H])c2c(c1[2H])c1ccc(Oc3ccc4c(c3)-n3[c](=[Pt])n(-c5c(-c6ccccc6)cccc5-c5ccccc5)c5cccc(c53)CCN4c3ccccc3)cc1n2-c1cc(C(C)(C)C)ccn1. The normalized spacial score (nSPS) is 13.5. The van der Waals surface area contributed by atoms with Crippen LogP contribution in [0.2, 0.25) is 0 Å². The van der Waals surface area contributed by atoms with Crippen molar-refractivity contribution in [3.05, 3.63) is 221 Å². The van der Waals surface area contributed by atoms with Crippen LogP contribution in [0.5, 0.6) is 11.5 Å². The van der Waals surface area contributed by atoms with E-state index in [-0.39, 0.29) is 29.6 Å². The molecular weight excluding hydrogens is 1000 g/mol. The summed E-state index contributed by atoms with van der Waals surface area (Å²) in [6.07, 6.45) is 2.57. The summed E-state index contributed by atoms with van der Waals surface area (Å²) in [7, 11) is 0. The van der Waals surface area contributed by atoms with Crippen LogP contribution in [0.3, 0.4) is 0 Å². The Morgan fingerprint density at radius 3 is 1.99 bits per heavy atom. The van der Waals surface area contributed by atoms with E-state index in [1.807, 2.05) is 41.0 Å². The molecule has 67 heavy (non-hydrogen) atoms. The molecule has 0 atom stereocenters. The first-order chi connectivity index (χ1) is 34.5. The van der Waals surface area contributed by atoms with Gasteiger partial charge in [0.05, 0.1) is 5.48 Å². The molecule has 3 aromatic heterocycles. The predicted molar refractivity (Wildman–Crippen MR) is 271 cm³/mol. The van der Waals surface area contributed by atoms with Gasteiger partial charge in [0.1, 0.15) is 0 Å². The van der Waals surface area contributed by atoms with Crippen molar-refractivity contribution in [2.24, 2.45) is 0 Å². The van der Waals surface area contributed by atoms with Gasteiger partial charge in [0, 0.05) is 6.20 Å². The number of pyridine rings is 1. The number of rotatable bonds is 7. The molecule has 0 radical (unpaired) electrons. The number of aromatic nitrogens is 4. The molecular formula is C60H47N5OPt. The number of anilines is 2. The average Bonchev–Trinajstić information content (AvgIpc) is 3.89. The quantitative estimate of drug-likeness (QED) is 0.160. The monoisotopic (exact) mass is 1050 g/mol. The molecule has 0 bridgehead atoms. The molecule has 0 saturated carbocycles. The molecule has 328 valence electrons. The summed E-state index contributed by atoms with van der Waals surface area (Å²) in [5.74, 6) is 1.72. The molecule has 0 spiro atoms. The number of hydrogen-bond acceptors (Lipinski definition) is 3. The van der Waals surface area contributed by atoms with Crippen molar-refractivity contribution >= 4 is 44.2 Å². The summed E-state index contributed by atoms with van der Waals surface area (Å²) in [6, 6.07) is 60.3. The standard InChI is InChI=1S/C60H47N5O.Pt/c1-60(2,3)44-33-35-61-57(37-44)65-52-27-14-13-24-50(52)51-31-29-46(38-55(51)65)66-47-30-32-53-56(39-47)64-40-63(54-28-15-21-43(58(54)64)34-36-62(53)45-22-11-6-12-23-45)59-48(41-17-7-4-8-18-41)25-16-26-49(59)42-19-9-5-10-20-42;/h4-33,35,37-39H,34,36H2,1-3H3;/i13D,14D,24D,27D;. The fraction of sp³-hybridized carbons (Fsp3) is 0.100. The Kier molecular flexibility index (Phi) is 8.98. The summed E-state index contributed by atoms with van der Waals surface area (Å²) in [4.78, 5) is 7.20. The summed E-state index contributed by atoms with van der Waals surface area (Å²) < 4.78 is 50.2. The van der Waals surface area contributed by atoms with Crippen LogP contribution in [0, 0.1) is 3.80 Å². The third-order valence-corrected chi connectivity index (χ3v) is 13.9. The predicted octanol–water partition coefficient (Wildman–Crippen LogP) is 15.1. The minimum atomic E-state index is -0.295. The molecule has 0 unspecified atom stereocenters. The molecule has 0 amide bonds. The van der Waals surface area contributed by atoms with E-state index in [1.54, 1.807) is 6.20 Å². The maximum atomic E-state index is 9.16. The third-order valence-electron chi connectivity index (χ3n) is 12.9. The van der Waals surface area contributed by atoms with Crippen molar-refractivity contribution in [3.63, 3.8) is 0 Å². The number of benzene rings is 8. The van der Waals surface area contributed by atoms with Crippen molar-refractivity contribution in [1.29, 1.82) is 0 Å². The van der Waals surface area contributed by atoms with Gasteiger partial charge in [-0.2, -0.15) is 0 Å². The van der Waals surface area contributed by atoms with Crippen LogP contribution in [0.25, 0.3) is 72.3 Å². The fourth-order valence-electron chi connectivity index (χ4n) is 9.74. The molecule has 11 aromatic rings. The number of ether oxygens (including phenoxy) is 1. The zero-order chi connectivity index (χ0) is 48.7. The number of fused-ring (bicyclic) bond motifs is 5. The maximum absolute atomic E-state index is 9.16. The molecule has 6 nitrogen and oxygen atoms in total. The second kappa shape index (κ2) is 16.4. The van der Waals surface area contributed by atoms with Crippen LogP contribution < -0.4 is 9.64 Å². The summed E-state index contributed by atoms with van der Waals surface area (Å²) in [6.45, 7) is 7.17. The Balaban J connectivity index is 1.09. The van der Waals surface area contributed by atoms with E-state index in [0.717, 1.165) is 78.4 Å².